The minimum absolute atomic E-state index is 0.00812. The van der Waals surface area contributed by atoms with Crippen LogP contribution in [0.2, 0.25) is 0 Å². The largest absolute Gasteiger partial charge is 0.330 e. The van der Waals surface area contributed by atoms with Crippen molar-refractivity contribution in [2.45, 2.75) is 55.8 Å². The predicted octanol–water partition coefficient (Wildman–Crippen LogP) is 7.12. The van der Waals surface area contributed by atoms with Gasteiger partial charge < -0.3 is 11.5 Å². The van der Waals surface area contributed by atoms with Crippen LogP contribution in [0, 0.1) is 5.92 Å². The van der Waals surface area contributed by atoms with E-state index in [2.05, 4.69) is 91.0 Å². The molecule has 184 valence electrons. The van der Waals surface area contributed by atoms with E-state index < -0.39 is 0 Å². The lowest BCUT2D eigenvalue weighted by molar-refractivity contribution is 0.254. The Bertz CT molecular complexity index is 1270. The third kappa shape index (κ3) is 3.46. The van der Waals surface area contributed by atoms with Gasteiger partial charge in [-0.1, -0.05) is 91.0 Å². The Morgan fingerprint density at radius 2 is 1.22 bits per heavy atom. The lowest BCUT2D eigenvalue weighted by Gasteiger charge is -2.42. The van der Waals surface area contributed by atoms with Crippen LogP contribution in [0.5, 0.6) is 0 Å². The van der Waals surface area contributed by atoms with Crippen LogP contribution in [0.15, 0.2) is 91.0 Å². The van der Waals surface area contributed by atoms with Gasteiger partial charge in [0.25, 0.3) is 0 Å². The standard InChI is InChI=1S/C34H38N2/c35-23-9-19-33(29-15-5-1-11-25(29)26-12-2-6-16-30(26)33)21-22-34(20-10-24-36)31-17-7-3-13-27(31)28-14-4-8-18-32(28)34/h1-8,11-17,32H,9-10,18-24,35-36H2/t32-,34?/m1/s1. The van der Waals surface area contributed by atoms with Crippen LogP contribution in [0.3, 0.4) is 0 Å². The van der Waals surface area contributed by atoms with Gasteiger partial charge in [0, 0.05) is 10.8 Å². The quantitative estimate of drug-likeness (QED) is 0.347. The maximum Gasteiger partial charge on any atom is 0.0216 e. The van der Waals surface area contributed by atoms with Crippen molar-refractivity contribution >= 4 is 5.57 Å². The molecule has 0 amide bonds. The summed E-state index contributed by atoms with van der Waals surface area (Å²) < 4.78 is 0. The number of hydrogen-bond donors (Lipinski definition) is 2. The van der Waals surface area contributed by atoms with E-state index in [4.69, 9.17) is 11.5 Å². The van der Waals surface area contributed by atoms with Gasteiger partial charge in [-0.25, -0.2) is 0 Å². The van der Waals surface area contributed by atoms with E-state index in [0.29, 0.717) is 5.92 Å². The fourth-order valence-corrected chi connectivity index (χ4v) is 7.87. The summed E-state index contributed by atoms with van der Waals surface area (Å²) in [5.74, 6) is 0.532. The van der Waals surface area contributed by atoms with Crippen LogP contribution in [0.25, 0.3) is 16.7 Å². The Morgan fingerprint density at radius 1 is 0.639 bits per heavy atom. The van der Waals surface area contributed by atoms with E-state index in [0.717, 1.165) is 58.0 Å². The molecular weight excluding hydrogens is 436 g/mol. The Balaban J connectivity index is 1.48. The molecule has 2 nitrogen and oxygen atoms in total. The lowest BCUT2D eigenvalue weighted by atomic mass is 9.61. The van der Waals surface area contributed by atoms with Gasteiger partial charge >= 0.3 is 0 Å². The molecule has 2 atom stereocenters. The van der Waals surface area contributed by atoms with E-state index in [-0.39, 0.29) is 10.8 Å². The summed E-state index contributed by atoms with van der Waals surface area (Å²) in [5.41, 5.74) is 22.8. The van der Waals surface area contributed by atoms with Crippen molar-refractivity contribution in [3.05, 3.63) is 113 Å². The first kappa shape index (κ1) is 23.5. The lowest BCUT2D eigenvalue weighted by Crippen LogP contribution is -2.36. The molecule has 0 spiro atoms. The Hall–Kier alpha value is -2.94. The van der Waals surface area contributed by atoms with Crippen molar-refractivity contribution in [2.75, 3.05) is 13.1 Å². The number of hydrogen-bond acceptors (Lipinski definition) is 2. The van der Waals surface area contributed by atoms with Crippen LogP contribution >= 0.6 is 0 Å². The van der Waals surface area contributed by atoms with E-state index in [1.54, 1.807) is 5.56 Å². The molecule has 0 radical (unpaired) electrons. The van der Waals surface area contributed by atoms with Gasteiger partial charge in [0.2, 0.25) is 0 Å². The zero-order valence-electron chi connectivity index (χ0n) is 21.3. The second kappa shape index (κ2) is 9.50. The summed E-state index contributed by atoms with van der Waals surface area (Å²) >= 11 is 0. The Labute approximate surface area is 216 Å². The van der Waals surface area contributed by atoms with Crippen LogP contribution in [-0.4, -0.2) is 13.1 Å². The van der Waals surface area contributed by atoms with Gasteiger partial charge in [-0.15, -0.1) is 0 Å². The van der Waals surface area contributed by atoms with E-state index in [9.17, 15) is 0 Å². The van der Waals surface area contributed by atoms with Crippen LogP contribution in [-0.2, 0) is 10.8 Å². The molecule has 3 aromatic carbocycles. The molecule has 0 heterocycles. The van der Waals surface area contributed by atoms with Gasteiger partial charge in [-0.2, -0.15) is 0 Å². The summed E-state index contributed by atoms with van der Waals surface area (Å²) in [6, 6.07) is 27.5. The summed E-state index contributed by atoms with van der Waals surface area (Å²) in [5, 5.41) is 0. The normalized spacial score (nSPS) is 22.5. The number of benzene rings is 3. The third-order valence-electron chi connectivity index (χ3n) is 9.41. The highest BCUT2D eigenvalue weighted by molar-refractivity contribution is 5.82. The number of fused-ring (bicyclic) bond motifs is 6. The summed E-state index contributed by atoms with van der Waals surface area (Å²) in [6.07, 6.45) is 14.8. The highest BCUT2D eigenvalue weighted by Gasteiger charge is 2.51. The van der Waals surface area contributed by atoms with Crippen molar-refractivity contribution in [3.8, 4) is 11.1 Å². The van der Waals surface area contributed by atoms with Gasteiger partial charge in [0.05, 0.1) is 0 Å². The van der Waals surface area contributed by atoms with Crippen molar-refractivity contribution in [1.82, 2.24) is 0 Å². The zero-order chi connectivity index (χ0) is 24.6. The third-order valence-corrected chi connectivity index (χ3v) is 9.41. The maximum absolute atomic E-state index is 6.15. The molecule has 4 N–H and O–H groups in total. The molecule has 0 fully saturated rings. The average Bonchev–Trinajstić information content (AvgIpc) is 3.38. The number of allylic oxidation sites excluding steroid dienone is 4. The Kier molecular flexibility index (Phi) is 6.19. The Morgan fingerprint density at radius 3 is 1.89 bits per heavy atom. The molecule has 0 saturated carbocycles. The van der Waals surface area contributed by atoms with Gasteiger partial charge in [0.1, 0.15) is 0 Å². The first-order valence-corrected chi connectivity index (χ1v) is 13.8. The SMILES string of the molecule is NCCCC1(CCC2(CCCN)c3ccccc3C3=CC=CC[C@H]32)c2ccccc2-c2ccccc21. The molecule has 1 unspecified atom stereocenters. The molecule has 36 heavy (non-hydrogen) atoms. The maximum atomic E-state index is 6.15. The number of nitrogens with two attached hydrogens (primary N) is 2. The molecule has 3 aliphatic rings. The molecule has 0 aromatic heterocycles. The summed E-state index contributed by atoms with van der Waals surface area (Å²) in [7, 11) is 0. The first-order valence-electron chi connectivity index (χ1n) is 13.8. The predicted molar refractivity (Wildman–Crippen MR) is 152 cm³/mol. The molecule has 0 bridgehead atoms. The summed E-state index contributed by atoms with van der Waals surface area (Å²) in [6.45, 7) is 1.48. The monoisotopic (exact) mass is 474 g/mol. The van der Waals surface area contributed by atoms with Crippen LogP contribution < -0.4 is 11.5 Å². The molecule has 3 aliphatic carbocycles. The molecule has 0 saturated heterocycles. The minimum Gasteiger partial charge on any atom is -0.330 e. The van der Waals surface area contributed by atoms with Crippen molar-refractivity contribution in [2.24, 2.45) is 17.4 Å². The zero-order valence-corrected chi connectivity index (χ0v) is 21.3. The average molecular weight is 475 g/mol. The number of rotatable bonds is 9. The van der Waals surface area contributed by atoms with Gasteiger partial charge in [0.15, 0.2) is 0 Å². The smallest absolute Gasteiger partial charge is 0.0216 e. The second-order valence-electron chi connectivity index (χ2n) is 11.0. The van der Waals surface area contributed by atoms with Crippen molar-refractivity contribution in [1.29, 1.82) is 0 Å². The van der Waals surface area contributed by atoms with Gasteiger partial charge in [-0.05, 0) is 103 Å². The molecule has 0 aliphatic heterocycles. The fourth-order valence-electron chi connectivity index (χ4n) is 7.87. The minimum atomic E-state index is 0.00812. The highest BCUT2D eigenvalue weighted by atomic mass is 14.6. The first-order chi connectivity index (χ1) is 17.7. The molecular formula is C34H38N2. The van der Waals surface area contributed by atoms with Crippen LogP contribution in [0.4, 0.5) is 0 Å². The van der Waals surface area contributed by atoms with Crippen LogP contribution in [0.1, 0.15) is 67.2 Å². The highest BCUT2D eigenvalue weighted by Crippen LogP contribution is 2.60. The van der Waals surface area contributed by atoms with E-state index in [1.807, 2.05) is 0 Å². The second-order valence-corrected chi connectivity index (χ2v) is 11.0. The molecule has 2 heteroatoms. The van der Waals surface area contributed by atoms with E-state index in [1.165, 1.54) is 33.4 Å². The summed E-state index contributed by atoms with van der Waals surface area (Å²) in [4.78, 5) is 0. The fraction of sp³-hybridized carbons (Fsp3) is 0.353. The van der Waals surface area contributed by atoms with Crippen molar-refractivity contribution in [3.63, 3.8) is 0 Å². The van der Waals surface area contributed by atoms with Crippen molar-refractivity contribution < 1.29 is 0 Å². The molecule has 3 aromatic rings. The molecule has 6 rings (SSSR count). The topological polar surface area (TPSA) is 52.0 Å². The van der Waals surface area contributed by atoms with Gasteiger partial charge in [-0.3, -0.25) is 0 Å². The van der Waals surface area contributed by atoms with E-state index >= 15 is 0 Å².